The van der Waals surface area contributed by atoms with E-state index in [2.05, 4.69) is 29.4 Å². The van der Waals surface area contributed by atoms with E-state index in [1.165, 1.54) is 12.8 Å². The number of rotatable bonds is 5. The third-order valence-corrected chi connectivity index (χ3v) is 2.30. The van der Waals surface area contributed by atoms with Crippen molar-refractivity contribution < 1.29 is 4.42 Å². The fourth-order valence-corrected chi connectivity index (χ4v) is 1.33. The van der Waals surface area contributed by atoms with E-state index in [1.54, 1.807) is 0 Å². The molecule has 0 saturated heterocycles. The SMILES string of the molecule is CC(C)NCCc1nnc(C2CC2)o1. The van der Waals surface area contributed by atoms with Crippen molar-refractivity contribution in [2.45, 2.75) is 45.1 Å². The first-order chi connectivity index (χ1) is 6.75. The third-order valence-electron chi connectivity index (χ3n) is 2.30. The zero-order valence-corrected chi connectivity index (χ0v) is 8.79. The molecular weight excluding hydrogens is 178 g/mol. The molecule has 1 aliphatic rings. The molecule has 1 aromatic rings. The first-order valence-corrected chi connectivity index (χ1v) is 5.31. The van der Waals surface area contributed by atoms with Crippen molar-refractivity contribution in [3.63, 3.8) is 0 Å². The lowest BCUT2D eigenvalue weighted by Crippen LogP contribution is -2.25. The lowest BCUT2D eigenvalue weighted by atomic mass is 10.3. The van der Waals surface area contributed by atoms with Crippen LogP contribution in [0.2, 0.25) is 0 Å². The van der Waals surface area contributed by atoms with Gasteiger partial charge < -0.3 is 9.73 Å². The quantitative estimate of drug-likeness (QED) is 0.773. The van der Waals surface area contributed by atoms with E-state index in [0.717, 1.165) is 24.7 Å². The molecule has 1 heterocycles. The summed E-state index contributed by atoms with van der Waals surface area (Å²) in [5, 5.41) is 11.4. The summed E-state index contributed by atoms with van der Waals surface area (Å²) in [5.74, 6) is 2.17. The van der Waals surface area contributed by atoms with Crippen molar-refractivity contribution in [2.24, 2.45) is 0 Å². The second-order valence-corrected chi connectivity index (χ2v) is 4.17. The third kappa shape index (κ3) is 2.54. The molecule has 2 rings (SSSR count). The van der Waals surface area contributed by atoms with E-state index in [1.807, 2.05) is 0 Å². The molecule has 4 nitrogen and oxygen atoms in total. The number of hydrogen-bond donors (Lipinski definition) is 1. The Morgan fingerprint density at radius 2 is 2.21 bits per heavy atom. The molecule has 1 aromatic heterocycles. The summed E-state index contributed by atoms with van der Waals surface area (Å²) in [6.45, 7) is 5.16. The molecule has 4 heteroatoms. The summed E-state index contributed by atoms with van der Waals surface area (Å²) in [6, 6.07) is 0.515. The van der Waals surface area contributed by atoms with Crippen LogP contribution in [0.1, 0.15) is 44.4 Å². The van der Waals surface area contributed by atoms with Crippen LogP contribution in [0.25, 0.3) is 0 Å². The van der Waals surface area contributed by atoms with Gasteiger partial charge in [-0.1, -0.05) is 13.8 Å². The van der Waals surface area contributed by atoms with Crippen LogP contribution in [0.4, 0.5) is 0 Å². The normalized spacial score (nSPS) is 16.5. The molecule has 14 heavy (non-hydrogen) atoms. The van der Waals surface area contributed by atoms with E-state index < -0.39 is 0 Å². The molecule has 0 amide bonds. The van der Waals surface area contributed by atoms with Crippen molar-refractivity contribution in [3.8, 4) is 0 Å². The van der Waals surface area contributed by atoms with Crippen LogP contribution in [-0.2, 0) is 6.42 Å². The van der Waals surface area contributed by atoms with Gasteiger partial charge >= 0.3 is 0 Å². The average molecular weight is 195 g/mol. The zero-order chi connectivity index (χ0) is 9.97. The van der Waals surface area contributed by atoms with E-state index in [9.17, 15) is 0 Å². The van der Waals surface area contributed by atoms with Gasteiger partial charge in [0.15, 0.2) is 0 Å². The van der Waals surface area contributed by atoms with Crippen LogP contribution in [0.3, 0.4) is 0 Å². The number of hydrogen-bond acceptors (Lipinski definition) is 4. The monoisotopic (exact) mass is 195 g/mol. The number of aromatic nitrogens is 2. The maximum Gasteiger partial charge on any atom is 0.219 e. The average Bonchev–Trinajstić information content (AvgIpc) is 2.87. The Hall–Kier alpha value is -0.900. The van der Waals surface area contributed by atoms with Crippen molar-refractivity contribution in [1.82, 2.24) is 15.5 Å². The predicted molar refractivity (Wildman–Crippen MR) is 53.1 cm³/mol. The van der Waals surface area contributed by atoms with Crippen LogP contribution in [0.15, 0.2) is 4.42 Å². The summed E-state index contributed by atoms with van der Waals surface area (Å²) in [6.07, 6.45) is 3.26. The Morgan fingerprint density at radius 1 is 1.43 bits per heavy atom. The Labute approximate surface area is 84.1 Å². The molecule has 0 atom stereocenters. The van der Waals surface area contributed by atoms with Gasteiger partial charge in [0.2, 0.25) is 11.8 Å². The van der Waals surface area contributed by atoms with Gasteiger partial charge in [-0.05, 0) is 12.8 Å². The fourth-order valence-electron chi connectivity index (χ4n) is 1.33. The standard InChI is InChI=1S/C10H17N3O/c1-7(2)11-6-5-9-12-13-10(14-9)8-3-4-8/h7-8,11H,3-6H2,1-2H3. The van der Waals surface area contributed by atoms with Gasteiger partial charge in [0.25, 0.3) is 0 Å². The lowest BCUT2D eigenvalue weighted by Gasteiger charge is -2.04. The van der Waals surface area contributed by atoms with Crippen molar-refractivity contribution in [3.05, 3.63) is 11.8 Å². The molecule has 0 aromatic carbocycles. The van der Waals surface area contributed by atoms with Gasteiger partial charge in [-0.2, -0.15) is 0 Å². The summed E-state index contributed by atoms with van der Waals surface area (Å²) >= 11 is 0. The van der Waals surface area contributed by atoms with Gasteiger partial charge in [-0.25, -0.2) is 0 Å². The number of nitrogens with zero attached hydrogens (tertiary/aromatic N) is 2. The second kappa shape index (κ2) is 4.09. The summed E-state index contributed by atoms with van der Waals surface area (Å²) in [5.41, 5.74) is 0. The van der Waals surface area contributed by atoms with Gasteiger partial charge in [-0.15, -0.1) is 10.2 Å². The lowest BCUT2D eigenvalue weighted by molar-refractivity contribution is 0.440. The van der Waals surface area contributed by atoms with Crippen molar-refractivity contribution in [1.29, 1.82) is 0 Å². The second-order valence-electron chi connectivity index (χ2n) is 4.17. The fraction of sp³-hybridized carbons (Fsp3) is 0.800. The highest BCUT2D eigenvalue weighted by molar-refractivity contribution is 5.00. The highest BCUT2D eigenvalue weighted by Gasteiger charge is 2.29. The van der Waals surface area contributed by atoms with E-state index >= 15 is 0 Å². The molecule has 0 aliphatic heterocycles. The Kier molecular flexibility index (Phi) is 2.82. The molecule has 78 valence electrons. The number of nitrogens with one attached hydrogen (secondary N) is 1. The first-order valence-electron chi connectivity index (χ1n) is 5.31. The minimum Gasteiger partial charge on any atom is -0.425 e. The molecule has 0 spiro atoms. The zero-order valence-electron chi connectivity index (χ0n) is 8.79. The molecular formula is C10H17N3O. The van der Waals surface area contributed by atoms with Gasteiger partial charge in [0.05, 0.1) is 0 Å². The highest BCUT2D eigenvalue weighted by atomic mass is 16.4. The maximum atomic E-state index is 5.53. The minimum absolute atomic E-state index is 0.515. The smallest absolute Gasteiger partial charge is 0.219 e. The maximum absolute atomic E-state index is 5.53. The Balaban J connectivity index is 1.78. The molecule has 1 aliphatic carbocycles. The van der Waals surface area contributed by atoms with E-state index in [0.29, 0.717) is 12.0 Å². The van der Waals surface area contributed by atoms with Gasteiger partial charge in [0, 0.05) is 24.9 Å². The van der Waals surface area contributed by atoms with E-state index in [-0.39, 0.29) is 0 Å². The summed E-state index contributed by atoms with van der Waals surface area (Å²) in [4.78, 5) is 0. The van der Waals surface area contributed by atoms with Crippen molar-refractivity contribution >= 4 is 0 Å². The van der Waals surface area contributed by atoms with Crippen molar-refractivity contribution in [2.75, 3.05) is 6.54 Å². The molecule has 0 unspecified atom stereocenters. The topological polar surface area (TPSA) is 51.0 Å². The summed E-state index contributed by atoms with van der Waals surface area (Å²) in [7, 11) is 0. The van der Waals surface area contributed by atoms with Crippen LogP contribution >= 0.6 is 0 Å². The van der Waals surface area contributed by atoms with Gasteiger partial charge in [0.1, 0.15) is 0 Å². The Bertz CT molecular complexity index is 291. The first kappa shape index (κ1) is 9.65. The van der Waals surface area contributed by atoms with Crippen LogP contribution < -0.4 is 5.32 Å². The van der Waals surface area contributed by atoms with E-state index in [4.69, 9.17) is 4.42 Å². The Morgan fingerprint density at radius 3 is 2.86 bits per heavy atom. The highest BCUT2D eigenvalue weighted by Crippen LogP contribution is 2.38. The van der Waals surface area contributed by atoms with Crippen LogP contribution in [0, 0.1) is 0 Å². The molecule has 0 bridgehead atoms. The van der Waals surface area contributed by atoms with Gasteiger partial charge in [-0.3, -0.25) is 0 Å². The molecule has 0 radical (unpaired) electrons. The minimum atomic E-state index is 0.515. The largest absolute Gasteiger partial charge is 0.425 e. The molecule has 1 saturated carbocycles. The molecule has 1 N–H and O–H groups in total. The van der Waals surface area contributed by atoms with Crippen LogP contribution in [0.5, 0.6) is 0 Å². The predicted octanol–water partition coefficient (Wildman–Crippen LogP) is 1.49. The molecule has 1 fully saturated rings. The van der Waals surface area contributed by atoms with Crippen LogP contribution in [-0.4, -0.2) is 22.8 Å². The summed E-state index contributed by atoms with van der Waals surface area (Å²) < 4.78 is 5.53.